The van der Waals surface area contributed by atoms with Crippen LogP contribution in [-0.2, 0) is 0 Å². The van der Waals surface area contributed by atoms with Gasteiger partial charge in [0.05, 0.1) is 0 Å². The molecule has 166 valence electrons. The zero-order valence-electron chi connectivity index (χ0n) is 17.1. The van der Waals surface area contributed by atoms with Gasteiger partial charge in [0.15, 0.2) is 0 Å². The first kappa shape index (κ1) is 22.9. The molecule has 2 N–H and O–H groups in total. The minimum absolute atomic E-state index is 0. The zero-order chi connectivity index (χ0) is 22.1. The number of aromatic nitrogens is 3. The number of hydrogen-bond donors (Lipinski definition) is 2. The molecular formula is C24H18Cl3N5O. The highest BCUT2D eigenvalue weighted by Crippen LogP contribution is 2.36. The first-order valence-corrected chi connectivity index (χ1v) is 10.7. The Morgan fingerprint density at radius 1 is 0.939 bits per heavy atom. The Labute approximate surface area is 206 Å². The summed E-state index contributed by atoms with van der Waals surface area (Å²) in [5, 5.41) is 11.9. The van der Waals surface area contributed by atoms with Gasteiger partial charge in [-0.05, 0) is 47.5 Å². The highest BCUT2D eigenvalue weighted by atomic mass is 35.5. The Balaban J connectivity index is 0.00000259. The maximum Gasteiger partial charge on any atom is 0.258 e. The predicted molar refractivity (Wildman–Crippen MR) is 134 cm³/mol. The van der Waals surface area contributed by atoms with Gasteiger partial charge >= 0.3 is 0 Å². The van der Waals surface area contributed by atoms with E-state index in [1.165, 1.54) is 0 Å². The molecule has 5 rings (SSSR count). The summed E-state index contributed by atoms with van der Waals surface area (Å²) in [5.74, 6) is 0.406. The van der Waals surface area contributed by atoms with Crippen molar-refractivity contribution in [3.05, 3.63) is 112 Å². The van der Waals surface area contributed by atoms with Crippen LogP contribution in [0.15, 0.2) is 84.9 Å². The summed E-state index contributed by atoms with van der Waals surface area (Å²) in [6.07, 6.45) is 2.02. The molecule has 4 aromatic rings. The van der Waals surface area contributed by atoms with Crippen molar-refractivity contribution in [1.82, 2.24) is 14.8 Å². The molecule has 1 aliphatic rings. The summed E-state index contributed by atoms with van der Waals surface area (Å²) in [6, 6.07) is 23.7. The third-order valence-electron chi connectivity index (χ3n) is 5.11. The Morgan fingerprint density at radius 3 is 2.36 bits per heavy atom. The maximum atomic E-state index is 12.6. The van der Waals surface area contributed by atoms with E-state index >= 15 is 0 Å². The number of carbonyl (C=O) groups is 1. The lowest BCUT2D eigenvalue weighted by Crippen LogP contribution is -2.20. The van der Waals surface area contributed by atoms with E-state index in [4.69, 9.17) is 23.2 Å². The summed E-state index contributed by atoms with van der Waals surface area (Å²) in [5.41, 5.74) is 3.17. The molecule has 3 aromatic carbocycles. The number of halogens is 3. The molecule has 0 fully saturated rings. The van der Waals surface area contributed by atoms with Gasteiger partial charge in [0.1, 0.15) is 6.04 Å². The minimum atomic E-state index is -0.319. The molecule has 9 heteroatoms. The highest BCUT2D eigenvalue weighted by Gasteiger charge is 2.27. The molecule has 1 atom stereocenters. The summed E-state index contributed by atoms with van der Waals surface area (Å²) in [6.45, 7) is 0. The number of anilines is 2. The molecule has 2 heterocycles. The fourth-order valence-electron chi connectivity index (χ4n) is 3.54. The van der Waals surface area contributed by atoms with Gasteiger partial charge in [-0.25, -0.2) is 4.68 Å². The third kappa shape index (κ3) is 4.73. The number of carbonyl (C=O) groups excluding carboxylic acids is 1. The van der Waals surface area contributed by atoms with Crippen molar-refractivity contribution < 1.29 is 4.79 Å². The highest BCUT2D eigenvalue weighted by molar-refractivity contribution is 6.31. The molecule has 0 radical (unpaired) electrons. The fraction of sp³-hybridized carbons (Fsp3) is 0.0417. The second kappa shape index (κ2) is 9.67. The molecule has 0 aliphatic carbocycles. The number of nitrogens with zero attached hydrogens (tertiary/aromatic N) is 3. The molecule has 0 saturated heterocycles. The van der Waals surface area contributed by atoms with Crippen molar-refractivity contribution in [1.29, 1.82) is 0 Å². The van der Waals surface area contributed by atoms with Crippen molar-refractivity contribution in [3.8, 4) is 0 Å². The number of hydrogen-bond acceptors (Lipinski definition) is 4. The normalized spacial score (nSPS) is 14.4. The largest absolute Gasteiger partial charge is 0.324 e. The van der Waals surface area contributed by atoms with Crippen LogP contribution in [0.2, 0.25) is 10.0 Å². The molecule has 1 aliphatic heterocycles. The molecule has 33 heavy (non-hydrogen) atoms. The summed E-state index contributed by atoms with van der Waals surface area (Å²) in [4.78, 5) is 17.1. The van der Waals surface area contributed by atoms with Crippen molar-refractivity contribution in [2.75, 3.05) is 10.6 Å². The summed E-state index contributed by atoms with van der Waals surface area (Å²) >= 11 is 12.6. The first-order chi connectivity index (χ1) is 15.6. The lowest BCUT2D eigenvalue weighted by molar-refractivity contribution is 0.102. The maximum absolute atomic E-state index is 12.6. The van der Waals surface area contributed by atoms with E-state index in [-0.39, 0.29) is 30.3 Å². The van der Waals surface area contributed by atoms with Crippen LogP contribution in [0.4, 0.5) is 11.9 Å². The van der Waals surface area contributed by atoms with Crippen LogP contribution in [0.3, 0.4) is 0 Å². The van der Waals surface area contributed by atoms with Gasteiger partial charge in [0.25, 0.3) is 11.9 Å². The Kier molecular flexibility index (Phi) is 6.70. The standard InChI is InChI=1S/C24H17Cl2N5O.ClH/c25-17-12-10-15(11-13-17)20-14-21(18-8-4-5-9-19(18)26)31-24(27-20)29-23(30-31)28-22(32)16-6-2-1-3-7-16;/h1-14,21H,(H2,27,28,29,30,32);1H. The fourth-order valence-corrected chi connectivity index (χ4v) is 3.92. The van der Waals surface area contributed by atoms with Crippen LogP contribution in [0.1, 0.15) is 27.5 Å². The second-order valence-electron chi connectivity index (χ2n) is 7.20. The molecule has 0 spiro atoms. The van der Waals surface area contributed by atoms with Crippen molar-refractivity contribution in [2.45, 2.75) is 6.04 Å². The molecule has 1 aromatic heterocycles. The first-order valence-electron chi connectivity index (χ1n) is 9.90. The third-order valence-corrected chi connectivity index (χ3v) is 5.70. The number of benzene rings is 3. The van der Waals surface area contributed by atoms with Crippen molar-refractivity contribution in [3.63, 3.8) is 0 Å². The Hall–Kier alpha value is -3.32. The van der Waals surface area contributed by atoms with E-state index in [1.54, 1.807) is 28.9 Å². The molecule has 6 nitrogen and oxygen atoms in total. The number of amides is 1. The SMILES string of the molecule is Cl.O=C(Nc1nc2n(n1)C(c1ccccc1Cl)C=C(c1ccc(Cl)cc1)N2)c1ccccc1. The van der Waals surface area contributed by atoms with E-state index in [9.17, 15) is 4.79 Å². The average Bonchev–Trinajstić information content (AvgIpc) is 3.22. The lowest BCUT2D eigenvalue weighted by atomic mass is 10.0. The Bertz CT molecular complexity index is 1320. The van der Waals surface area contributed by atoms with Gasteiger partial charge in [-0.15, -0.1) is 17.5 Å². The van der Waals surface area contributed by atoms with Gasteiger partial charge in [-0.2, -0.15) is 4.98 Å². The second-order valence-corrected chi connectivity index (χ2v) is 8.05. The molecule has 0 saturated carbocycles. The number of fused-ring (bicyclic) bond motifs is 1. The zero-order valence-corrected chi connectivity index (χ0v) is 19.4. The van der Waals surface area contributed by atoms with E-state index in [1.807, 2.05) is 60.7 Å². The van der Waals surface area contributed by atoms with Crippen LogP contribution in [-0.4, -0.2) is 20.7 Å². The van der Waals surface area contributed by atoms with Gasteiger partial charge < -0.3 is 5.32 Å². The summed E-state index contributed by atoms with van der Waals surface area (Å²) in [7, 11) is 0. The predicted octanol–water partition coefficient (Wildman–Crippen LogP) is 6.32. The van der Waals surface area contributed by atoms with Crippen molar-refractivity contribution in [2.24, 2.45) is 0 Å². The molecule has 1 unspecified atom stereocenters. The van der Waals surface area contributed by atoms with E-state index in [2.05, 4.69) is 20.7 Å². The van der Waals surface area contributed by atoms with Crippen LogP contribution in [0.25, 0.3) is 5.70 Å². The van der Waals surface area contributed by atoms with Crippen LogP contribution in [0.5, 0.6) is 0 Å². The van der Waals surface area contributed by atoms with Gasteiger partial charge in [-0.3, -0.25) is 10.1 Å². The quantitative estimate of drug-likeness (QED) is 0.346. The number of rotatable bonds is 4. The topological polar surface area (TPSA) is 71.8 Å². The van der Waals surface area contributed by atoms with Gasteiger partial charge in [0, 0.05) is 21.3 Å². The van der Waals surface area contributed by atoms with Crippen molar-refractivity contribution >= 4 is 59.1 Å². The molecule has 1 amide bonds. The Morgan fingerprint density at radius 2 is 1.64 bits per heavy atom. The van der Waals surface area contributed by atoms with Crippen LogP contribution >= 0.6 is 35.6 Å². The number of nitrogens with one attached hydrogen (secondary N) is 2. The van der Waals surface area contributed by atoms with E-state index in [0.29, 0.717) is 21.6 Å². The number of allylic oxidation sites excluding steroid dienone is 1. The lowest BCUT2D eigenvalue weighted by Gasteiger charge is -2.24. The van der Waals surface area contributed by atoms with Crippen LogP contribution in [0, 0.1) is 0 Å². The minimum Gasteiger partial charge on any atom is -0.324 e. The molecule has 0 bridgehead atoms. The average molecular weight is 499 g/mol. The van der Waals surface area contributed by atoms with Crippen LogP contribution < -0.4 is 10.6 Å². The van der Waals surface area contributed by atoms with E-state index < -0.39 is 0 Å². The smallest absolute Gasteiger partial charge is 0.258 e. The summed E-state index contributed by atoms with van der Waals surface area (Å²) < 4.78 is 1.71. The van der Waals surface area contributed by atoms with Gasteiger partial charge in [0.2, 0.25) is 5.95 Å². The monoisotopic (exact) mass is 497 g/mol. The van der Waals surface area contributed by atoms with E-state index in [0.717, 1.165) is 16.8 Å². The molecular weight excluding hydrogens is 481 g/mol. The van der Waals surface area contributed by atoms with Gasteiger partial charge in [-0.1, -0.05) is 71.7 Å².